The lowest BCUT2D eigenvalue weighted by molar-refractivity contribution is 0.0427. The van der Waals surface area contributed by atoms with Crippen LogP contribution < -0.4 is 0 Å². The maximum Gasteiger partial charge on any atom is 0.0591 e. The Labute approximate surface area is 70.8 Å². The van der Waals surface area contributed by atoms with Crippen LogP contribution in [0.25, 0.3) is 0 Å². The zero-order chi connectivity index (χ0) is 9.07. The van der Waals surface area contributed by atoms with Crippen molar-refractivity contribution in [3.8, 4) is 0 Å². The second-order valence-electron chi connectivity index (χ2n) is 4.63. The minimum absolute atomic E-state index is 0.0451. The van der Waals surface area contributed by atoms with E-state index in [4.69, 9.17) is 0 Å². The molecule has 0 saturated heterocycles. The van der Waals surface area contributed by atoms with Crippen LogP contribution in [0.5, 0.6) is 0 Å². The van der Waals surface area contributed by atoms with Crippen molar-refractivity contribution in [2.75, 3.05) is 0 Å². The molecule has 0 rings (SSSR count). The van der Waals surface area contributed by atoms with Crippen LogP contribution in [0.2, 0.25) is 0 Å². The lowest BCUT2D eigenvalue weighted by Crippen LogP contribution is -2.27. The zero-order valence-corrected chi connectivity index (χ0v) is 8.52. The molecule has 1 heteroatoms. The van der Waals surface area contributed by atoms with Crippen LogP contribution in [0.1, 0.15) is 47.5 Å². The molecule has 0 amide bonds. The van der Waals surface area contributed by atoms with Crippen molar-refractivity contribution in [2.24, 2.45) is 11.3 Å². The Bertz CT molecular complexity index is 102. The molecule has 0 bridgehead atoms. The van der Waals surface area contributed by atoms with E-state index in [0.29, 0.717) is 5.92 Å². The van der Waals surface area contributed by atoms with Crippen LogP contribution in [0, 0.1) is 11.3 Å². The predicted octanol–water partition coefficient (Wildman–Crippen LogP) is 2.83. The van der Waals surface area contributed by atoms with Gasteiger partial charge < -0.3 is 5.11 Å². The highest BCUT2D eigenvalue weighted by Crippen LogP contribution is 2.25. The van der Waals surface area contributed by atoms with Crippen LogP contribution in [0.15, 0.2) is 0 Å². The molecule has 0 heterocycles. The first-order valence-electron chi connectivity index (χ1n) is 4.56. The zero-order valence-electron chi connectivity index (χ0n) is 8.52. The molecule has 11 heavy (non-hydrogen) atoms. The minimum atomic E-state index is -0.155. The molecule has 0 aliphatic rings. The number of aliphatic hydroxyl groups excluding tert-OH is 1. The van der Waals surface area contributed by atoms with Crippen molar-refractivity contribution in [1.82, 2.24) is 0 Å². The van der Waals surface area contributed by atoms with Gasteiger partial charge in [0, 0.05) is 0 Å². The van der Waals surface area contributed by atoms with Gasteiger partial charge in [0.2, 0.25) is 0 Å². The fourth-order valence-electron chi connectivity index (χ4n) is 0.901. The highest BCUT2D eigenvalue weighted by atomic mass is 16.3. The van der Waals surface area contributed by atoms with E-state index in [-0.39, 0.29) is 11.5 Å². The smallest absolute Gasteiger partial charge is 0.0591 e. The van der Waals surface area contributed by atoms with Gasteiger partial charge in [-0.25, -0.2) is 0 Å². The van der Waals surface area contributed by atoms with Crippen molar-refractivity contribution >= 4 is 0 Å². The van der Waals surface area contributed by atoms with Crippen LogP contribution in [0.3, 0.4) is 0 Å². The van der Waals surface area contributed by atoms with Gasteiger partial charge in [-0.2, -0.15) is 0 Å². The summed E-state index contributed by atoms with van der Waals surface area (Å²) in [6, 6.07) is 0. The molecule has 0 aromatic heterocycles. The van der Waals surface area contributed by atoms with Crippen molar-refractivity contribution in [1.29, 1.82) is 0 Å². The molecule has 1 N–H and O–H groups in total. The molecule has 1 unspecified atom stereocenters. The SMILES string of the molecule is CC[C@H](C)CC(O)C(C)(C)C. The predicted molar refractivity (Wildman–Crippen MR) is 49.5 cm³/mol. The van der Waals surface area contributed by atoms with Gasteiger partial charge in [0.05, 0.1) is 6.10 Å². The third kappa shape index (κ3) is 4.41. The maximum absolute atomic E-state index is 9.69. The van der Waals surface area contributed by atoms with Gasteiger partial charge in [-0.05, 0) is 17.8 Å². The largest absolute Gasteiger partial charge is 0.393 e. The molecule has 0 spiro atoms. The van der Waals surface area contributed by atoms with Gasteiger partial charge in [-0.15, -0.1) is 0 Å². The van der Waals surface area contributed by atoms with Gasteiger partial charge in [0.15, 0.2) is 0 Å². The van der Waals surface area contributed by atoms with Crippen LogP contribution in [-0.2, 0) is 0 Å². The Kier molecular flexibility index (Phi) is 4.09. The second kappa shape index (κ2) is 4.10. The van der Waals surface area contributed by atoms with E-state index >= 15 is 0 Å². The summed E-state index contributed by atoms with van der Waals surface area (Å²) in [5.41, 5.74) is 0.0451. The van der Waals surface area contributed by atoms with Crippen molar-refractivity contribution in [2.45, 2.75) is 53.6 Å². The van der Waals surface area contributed by atoms with E-state index in [1.54, 1.807) is 0 Å². The summed E-state index contributed by atoms with van der Waals surface area (Å²) >= 11 is 0. The number of hydrogen-bond acceptors (Lipinski definition) is 1. The number of rotatable bonds is 3. The van der Waals surface area contributed by atoms with E-state index in [2.05, 4.69) is 34.6 Å². The summed E-state index contributed by atoms with van der Waals surface area (Å²) in [6.07, 6.45) is 1.94. The molecule has 0 aliphatic carbocycles. The van der Waals surface area contributed by atoms with E-state index < -0.39 is 0 Å². The summed E-state index contributed by atoms with van der Waals surface area (Å²) < 4.78 is 0. The highest BCUT2D eigenvalue weighted by Gasteiger charge is 2.22. The van der Waals surface area contributed by atoms with Gasteiger partial charge >= 0.3 is 0 Å². The average Bonchev–Trinajstić information content (AvgIpc) is 1.85. The summed E-state index contributed by atoms with van der Waals surface area (Å²) in [4.78, 5) is 0. The standard InChI is InChI=1S/C10H22O/c1-6-8(2)7-9(11)10(3,4)5/h8-9,11H,6-7H2,1-5H3/t8-,9?/m0/s1. The maximum atomic E-state index is 9.69. The number of hydrogen-bond donors (Lipinski definition) is 1. The molecule has 1 nitrogen and oxygen atoms in total. The van der Waals surface area contributed by atoms with Crippen LogP contribution in [-0.4, -0.2) is 11.2 Å². The fourth-order valence-corrected chi connectivity index (χ4v) is 0.901. The number of aliphatic hydroxyl groups is 1. The molecule has 0 aromatic carbocycles. The van der Waals surface area contributed by atoms with Crippen LogP contribution in [0.4, 0.5) is 0 Å². The van der Waals surface area contributed by atoms with Gasteiger partial charge in [-0.1, -0.05) is 41.0 Å². The monoisotopic (exact) mass is 158 g/mol. The van der Waals surface area contributed by atoms with Crippen molar-refractivity contribution in [3.05, 3.63) is 0 Å². The molecule has 0 saturated carbocycles. The Balaban J connectivity index is 3.77. The Morgan fingerprint density at radius 1 is 1.27 bits per heavy atom. The summed E-state index contributed by atoms with van der Waals surface area (Å²) in [5.74, 6) is 0.643. The molecule has 0 aliphatic heterocycles. The lowest BCUT2D eigenvalue weighted by Gasteiger charge is -2.27. The first-order chi connectivity index (χ1) is 4.88. The summed E-state index contributed by atoms with van der Waals surface area (Å²) in [7, 11) is 0. The lowest BCUT2D eigenvalue weighted by atomic mass is 9.83. The second-order valence-corrected chi connectivity index (χ2v) is 4.63. The molecule has 0 fully saturated rings. The fraction of sp³-hybridized carbons (Fsp3) is 1.00. The van der Waals surface area contributed by atoms with Gasteiger partial charge in [0.1, 0.15) is 0 Å². The molecular formula is C10H22O. The summed E-state index contributed by atoms with van der Waals surface area (Å²) in [5, 5.41) is 9.69. The Morgan fingerprint density at radius 3 is 2.00 bits per heavy atom. The quantitative estimate of drug-likeness (QED) is 0.669. The third-order valence-electron chi connectivity index (χ3n) is 2.32. The third-order valence-corrected chi connectivity index (χ3v) is 2.32. The first-order valence-corrected chi connectivity index (χ1v) is 4.56. The highest BCUT2D eigenvalue weighted by molar-refractivity contribution is 4.74. The first kappa shape index (κ1) is 11.0. The van der Waals surface area contributed by atoms with Crippen LogP contribution >= 0.6 is 0 Å². The molecule has 68 valence electrons. The van der Waals surface area contributed by atoms with E-state index in [9.17, 15) is 5.11 Å². The Morgan fingerprint density at radius 2 is 1.73 bits per heavy atom. The van der Waals surface area contributed by atoms with E-state index in [1.165, 1.54) is 0 Å². The molecule has 0 aromatic rings. The summed E-state index contributed by atoms with van der Waals surface area (Å²) in [6.45, 7) is 10.6. The van der Waals surface area contributed by atoms with Gasteiger partial charge in [-0.3, -0.25) is 0 Å². The van der Waals surface area contributed by atoms with Crippen molar-refractivity contribution < 1.29 is 5.11 Å². The Hall–Kier alpha value is -0.0400. The molecular weight excluding hydrogens is 136 g/mol. The molecule has 0 radical (unpaired) electrons. The van der Waals surface area contributed by atoms with E-state index in [1.807, 2.05) is 0 Å². The normalized spacial score (nSPS) is 18.0. The van der Waals surface area contributed by atoms with E-state index in [0.717, 1.165) is 12.8 Å². The minimum Gasteiger partial charge on any atom is -0.393 e. The topological polar surface area (TPSA) is 20.2 Å². The van der Waals surface area contributed by atoms with Crippen molar-refractivity contribution in [3.63, 3.8) is 0 Å². The average molecular weight is 158 g/mol. The molecule has 2 atom stereocenters. The van der Waals surface area contributed by atoms with Gasteiger partial charge in [0.25, 0.3) is 0 Å².